The molecule has 304 valence electrons. The topological polar surface area (TPSA) is 328 Å². The predicted molar refractivity (Wildman–Crippen MR) is 201 cm³/mol. The number of carbonyl (C=O) groups excluding carboxylic acids is 8. The normalized spacial score (nSPS) is 15.7. The van der Waals surface area contributed by atoms with Crippen LogP contribution in [0, 0.1) is 17.8 Å². The number of fused-ring (bicyclic) bond motifs is 1. The number of primary amides is 3. The van der Waals surface area contributed by atoms with Crippen LogP contribution in [0.2, 0.25) is 0 Å². The lowest BCUT2D eigenvalue weighted by Crippen LogP contribution is -2.62. The summed E-state index contributed by atoms with van der Waals surface area (Å²) >= 11 is 0. The van der Waals surface area contributed by atoms with Gasteiger partial charge < -0.3 is 49.2 Å². The van der Waals surface area contributed by atoms with Gasteiger partial charge in [-0.05, 0) is 29.4 Å². The molecule has 1 heterocycles. The molecular formula is C36H56N10O9. The van der Waals surface area contributed by atoms with Gasteiger partial charge in [-0.25, -0.2) is 5.06 Å². The van der Waals surface area contributed by atoms with Crippen molar-refractivity contribution in [2.45, 2.75) is 110 Å². The Labute approximate surface area is 319 Å². The van der Waals surface area contributed by atoms with E-state index in [0.29, 0.717) is 29.3 Å². The molecule has 8 amide bonds. The average molecular weight is 773 g/mol. The van der Waals surface area contributed by atoms with E-state index >= 15 is 0 Å². The first-order chi connectivity index (χ1) is 25.7. The summed E-state index contributed by atoms with van der Waals surface area (Å²) in [7, 11) is 0. The number of hydrogen-bond donors (Lipinski definition) is 10. The Bertz CT molecular complexity index is 1710. The maximum Gasteiger partial charge on any atom is 0.269 e. The second-order valence-electron chi connectivity index (χ2n) is 14.1. The molecule has 1 aromatic heterocycles. The van der Waals surface area contributed by atoms with Crippen molar-refractivity contribution >= 4 is 58.2 Å². The molecule has 19 heteroatoms. The van der Waals surface area contributed by atoms with Gasteiger partial charge in [-0.1, -0.05) is 72.6 Å². The first-order valence-corrected chi connectivity index (χ1v) is 18.1. The zero-order valence-corrected chi connectivity index (χ0v) is 32.1. The van der Waals surface area contributed by atoms with Gasteiger partial charge in [-0.2, -0.15) is 0 Å². The van der Waals surface area contributed by atoms with Gasteiger partial charge in [0.05, 0.1) is 18.9 Å². The Morgan fingerprint density at radius 3 is 1.82 bits per heavy atom. The van der Waals surface area contributed by atoms with Gasteiger partial charge in [0.2, 0.25) is 41.4 Å². The van der Waals surface area contributed by atoms with E-state index in [4.69, 9.17) is 22.9 Å². The molecule has 8 atom stereocenters. The third-order valence-electron chi connectivity index (χ3n) is 9.60. The Morgan fingerprint density at radius 1 is 0.727 bits per heavy atom. The number of nitrogens with two attached hydrogens (primary N) is 4. The molecule has 55 heavy (non-hydrogen) atoms. The zero-order valence-electron chi connectivity index (χ0n) is 32.1. The summed E-state index contributed by atoms with van der Waals surface area (Å²) in [5.41, 5.74) is 23.3. The lowest BCUT2D eigenvalue weighted by Gasteiger charge is -2.32. The highest BCUT2D eigenvalue weighted by atomic mass is 16.5. The number of amides is 8. The molecule has 0 aliphatic carbocycles. The highest BCUT2D eigenvalue weighted by Gasteiger charge is 2.39. The Kier molecular flexibility index (Phi) is 17.2. The predicted octanol–water partition coefficient (Wildman–Crippen LogP) is -1.45. The van der Waals surface area contributed by atoms with Gasteiger partial charge in [0.25, 0.3) is 5.91 Å². The minimum absolute atomic E-state index is 0.0375. The summed E-state index contributed by atoms with van der Waals surface area (Å²) in [5, 5.41) is 22.0. The van der Waals surface area contributed by atoms with Gasteiger partial charge in [-0.15, -0.1) is 0 Å². The summed E-state index contributed by atoms with van der Waals surface area (Å²) in [6.07, 6.45) is 0.884. The third-order valence-corrected chi connectivity index (χ3v) is 9.60. The van der Waals surface area contributed by atoms with Crippen LogP contribution in [0.25, 0.3) is 10.9 Å². The third kappa shape index (κ3) is 12.8. The molecule has 0 radical (unpaired) electrons. The molecule has 14 N–H and O–H groups in total. The largest absolute Gasteiger partial charge is 0.370 e. The fraction of sp³-hybridized carbons (Fsp3) is 0.556. The maximum absolute atomic E-state index is 14.2. The monoisotopic (exact) mass is 772 g/mol. The number of rotatable bonds is 22. The molecule has 0 aliphatic rings. The lowest BCUT2D eigenvalue weighted by atomic mass is 9.95. The maximum atomic E-state index is 14.2. The zero-order chi connectivity index (χ0) is 41.7. The summed E-state index contributed by atoms with van der Waals surface area (Å²) in [4.78, 5) is 107. The second kappa shape index (κ2) is 20.8. The average Bonchev–Trinajstić information content (AvgIpc) is 3.54. The smallest absolute Gasteiger partial charge is 0.269 e. The molecular weight excluding hydrogens is 716 g/mol. The van der Waals surface area contributed by atoms with Gasteiger partial charge >= 0.3 is 0 Å². The first-order valence-electron chi connectivity index (χ1n) is 18.1. The van der Waals surface area contributed by atoms with E-state index in [2.05, 4.69) is 26.3 Å². The number of para-hydroxylation sites is 1. The molecule has 0 saturated carbocycles. The number of aromatic amines is 1. The fourth-order valence-electron chi connectivity index (χ4n) is 5.71. The number of H-pyrrole nitrogens is 1. The summed E-state index contributed by atoms with van der Waals surface area (Å²) in [6, 6.07) is -1.52. The van der Waals surface area contributed by atoms with Crippen LogP contribution in [0.1, 0.15) is 72.8 Å². The Hall–Kier alpha value is -5.56. The van der Waals surface area contributed by atoms with Crippen molar-refractivity contribution in [1.29, 1.82) is 0 Å². The number of hydrogen-bond acceptors (Lipinski definition) is 10. The SMILES string of the molecule is CCC(C)C(N)C(=O)N[C@H](C(=O)N[C@@H](Cc1c[nH]c2ccccc12)C(=O)N(O)[C@@H](CC(N)=O)C(=O)N[C@H](C(=O)N[C@@H](CC(N)=O)C(N)=O)C(C)C)C(C)CC. The minimum atomic E-state index is -2.02. The summed E-state index contributed by atoms with van der Waals surface area (Å²) in [6.45, 7) is 10.2. The summed E-state index contributed by atoms with van der Waals surface area (Å²) < 4.78 is 0. The molecule has 19 nitrogen and oxygen atoms in total. The molecule has 2 aromatic rings. The Balaban J connectivity index is 2.52. The molecule has 0 saturated heterocycles. The van der Waals surface area contributed by atoms with E-state index in [1.807, 2.05) is 6.92 Å². The van der Waals surface area contributed by atoms with Crippen LogP contribution in [0.15, 0.2) is 30.5 Å². The molecule has 0 aliphatic heterocycles. The van der Waals surface area contributed by atoms with Crippen LogP contribution >= 0.6 is 0 Å². The number of carbonyl (C=O) groups is 8. The first kappa shape index (κ1) is 45.6. The highest BCUT2D eigenvalue weighted by Crippen LogP contribution is 2.21. The highest BCUT2D eigenvalue weighted by molar-refractivity contribution is 5.98. The van der Waals surface area contributed by atoms with Crippen molar-refractivity contribution in [1.82, 2.24) is 31.3 Å². The van der Waals surface area contributed by atoms with Crippen LogP contribution in [0.3, 0.4) is 0 Å². The van der Waals surface area contributed by atoms with Gasteiger partial charge in [-0.3, -0.25) is 43.6 Å². The van der Waals surface area contributed by atoms with Gasteiger partial charge in [0.15, 0.2) is 0 Å². The van der Waals surface area contributed by atoms with Crippen molar-refractivity contribution < 1.29 is 43.6 Å². The number of nitrogens with zero attached hydrogens (tertiary/aromatic N) is 1. The van der Waals surface area contributed by atoms with E-state index in [0.717, 1.165) is 0 Å². The van der Waals surface area contributed by atoms with Crippen LogP contribution in [-0.2, 0) is 44.8 Å². The number of benzene rings is 1. The van der Waals surface area contributed by atoms with Crippen LogP contribution in [0.4, 0.5) is 0 Å². The lowest BCUT2D eigenvalue weighted by molar-refractivity contribution is -0.183. The van der Waals surface area contributed by atoms with Crippen molar-refractivity contribution in [3.63, 3.8) is 0 Å². The number of hydroxylamine groups is 2. The molecule has 3 unspecified atom stereocenters. The van der Waals surface area contributed by atoms with Crippen LogP contribution < -0.4 is 44.2 Å². The van der Waals surface area contributed by atoms with Gasteiger partial charge in [0.1, 0.15) is 30.2 Å². The van der Waals surface area contributed by atoms with Crippen molar-refractivity contribution in [3.05, 3.63) is 36.0 Å². The summed E-state index contributed by atoms with van der Waals surface area (Å²) in [5.74, 6) is -9.18. The standard InChI is InChI=1S/C36H56N10O9/c1-7-18(5)28(39)33(51)45-30(19(6)8-2)35(53)43-24(13-20-16-41-22-12-10-9-11-21(20)22)36(54)46(55)25(15-27(38)48)32(50)44-29(17(3)4)34(52)42-23(31(40)49)14-26(37)47/h9-12,16-19,23-25,28-30,41,55H,7-8,13-15,39H2,1-6H3,(H2,37,47)(H2,38,48)(H2,40,49)(H,42,52)(H,43,53)(H,44,50)(H,45,51)/t18?,19?,23-,24-,25-,28?,29-,30-/m0/s1. The van der Waals surface area contributed by atoms with E-state index in [1.54, 1.807) is 51.2 Å². The Morgan fingerprint density at radius 2 is 1.27 bits per heavy atom. The fourth-order valence-corrected chi connectivity index (χ4v) is 5.71. The van der Waals surface area contributed by atoms with E-state index in [-0.39, 0.29) is 17.4 Å². The van der Waals surface area contributed by atoms with Gasteiger partial charge in [0, 0.05) is 23.5 Å². The molecule has 2 rings (SSSR count). The van der Waals surface area contributed by atoms with Crippen LogP contribution in [-0.4, -0.2) is 98.8 Å². The van der Waals surface area contributed by atoms with Crippen LogP contribution in [0.5, 0.6) is 0 Å². The molecule has 0 bridgehead atoms. The second-order valence-corrected chi connectivity index (χ2v) is 14.1. The quantitative estimate of drug-likeness (QED) is 0.0490. The number of aromatic nitrogens is 1. The van der Waals surface area contributed by atoms with E-state index in [1.165, 1.54) is 13.8 Å². The van der Waals surface area contributed by atoms with E-state index < -0.39 is 108 Å². The molecule has 0 spiro atoms. The van der Waals surface area contributed by atoms with Crippen molar-refractivity contribution in [3.8, 4) is 0 Å². The van der Waals surface area contributed by atoms with Crippen molar-refractivity contribution in [2.24, 2.45) is 40.7 Å². The van der Waals surface area contributed by atoms with Crippen molar-refractivity contribution in [2.75, 3.05) is 0 Å². The minimum Gasteiger partial charge on any atom is -0.370 e. The number of nitrogens with one attached hydrogen (secondary N) is 5. The molecule has 1 aromatic carbocycles. The molecule has 0 fully saturated rings. The van der Waals surface area contributed by atoms with E-state index in [9.17, 15) is 43.6 Å².